The maximum atomic E-state index is 10.3. The molecule has 0 saturated carbocycles. The lowest BCUT2D eigenvalue weighted by molar-refractivity contribution is -0.121. The van der Waals surface area contributed by atoms with Gasteiger partial charge in [0.05, 0.1) is 22.0 Å². The summed E-state index contributed by atoms with van der Waals surface area (Å²) in [5, 5.41) is 13.1. The Morgan fingerprint density at radius 3 is 2.55 bits per heavy atom. The minimum absolute atomic E-state index is 0.229. The number of hydrogen-bond acceptors (Lipinski definition) is 5. The number of benzene rings is 1. The molecule has 0 radical (unpaired) electrons. The van der Waals surface area contributed by atoms with Crippen LogP contribution in [-0.2, 0) is 16.0 Å². The van der Waals surface area contributed by atoms with Gasteiger partial charge in [-0.1, -0.05) is 34.8 Å². The fourth-order valence-electron chi connectivity index (χ4n) is 1.84. The molecule has 0 atom stereocenters. The van der Waals surface area contributed by atoms with Crippen LogP contribution in [0, 0.1) is 0 Å². The molecule has 3 rings (SSSR count). The van der Waals surface area contributed by atoms with Crippen molar-refractivity contribution in [3.8, 4) is 11.4 Å². The highest BCUT2D eigenvalue weighted by molar-refractivity contribution is 6.41. The van der Waals surface area contributed by atoms with Gasteiger partial charge in [-0.3, -0.25) is 4.79 Å². The average molecular weight is 332 g/mol. The molecule has 2 heterocycles. The molecule has 0 aliphatic carbocycles. The Bertz CT molecular complexity index is 718. The van der Waals surface area contributed by atoms with E-state index in [1.54, 1.807) is 12.1 Å². The van der Waals surface area contributed by atoms with Crippen LogP contribution in [0.2, 0.25) is 15.1 Å². The van der Waals surface area contributed by atoms with Gasteiger partial charge in [-0.25, -0.2) is 0 Å². The van der Waals surface area contributed by atoms with Crippen molar-refractivity contribution in [1.29, 1.82) is 0 Å². The summed E-state index contributed by atoms with van der Waals surface area (Å²) < 4.78 is 6.14. The molecule has 1 aromatic carbocycles. The first kappa shape index (κ1) is 13.4. The van der Waals surface area contributed by atoms with Gasteiger partial charge in [0.15, 0.2) is 11.6 Å². The van der Waals surface area contributed by atoms with Crippen molar-refractivity contribution in [2.45, 2.75) is 6.42 Å². The molecule has 0 amide bonds. The van der Waals surface area contributed by atoms with Crippen molar-refractivity contribution in [2.24, 2.45) is 5.10 Å². The van der Waals surface area contributed by atoms with E-state index < -0.39 is 0 Å². The molecule has 0 spiro atoms. The lowest BCUT2D eigenvalue weighted by atomic mass is 10.2. The van der Waals surface area contributed by atoms with Gasteiger partial charge in [0.2, 0.25) is 5.90 Å². The largest absolute Gasteiger partial charge is 0.412 e. The number of ether oxygens (including phenoxy) is 1. The highest BCUT2D eigenvalue weighted by atomic mass is 35.5. The molecule has 9 heteroatoms. The zero-order valence-corrected chi connectivity index (χ0v) is 11.9. The summed E-state index contributed by atoms with van der Waals surface area (Å²) in [5.74, 6) is 1.11. The summed E-state index contributed by atoms with van der Waals surface area (Å²) in [7, 11) is 0. The van der Waals surface area contributed by atoms with Crippen LogP contribution in [0.4, 0.5) is 0 Å². The summed E-state index contributed by atoms with van der Waals surface area (Å²) in [6.07, 6.45) is 0.272. The lowest BCUT2D eigenvalue weighted by Gasteiger charge is -2.06. The molecule has 2 aromatic rings. The fraction of sp³-hybridized carbons (Fsp3) is 0.0909. The Labute approximate surface area is 127 Å². The Morgan fingerprint density at radius 2 is 1.90 bits per heavy atom. The predicted molar refractivity (Wildman–Crippen MR) is 74.2 cm³/mol. The zero-order valence-electron chi connectivity index (χ0n) is 9.68. The normalized spacial score (nSPS) is 13.1. The van der Waals surface area contributed by atoms with E-state index >= 15 is 0 Å². The van der Waals surface area contributed by atoms with Gasteiger partial charge in [0, 0.05) is 5.02 Å². The quantitative estimate of drug-likeness (QED) is 0.794. The molecule has 1 aliphatic heterocycles. The summed E-state index contributed by atoms with van der Waals surface area (Å²) in [6.45, 7) is 0.306. The number of hydrogen-bond donors (Lipinski definition) is 0. The maximum absolute atomic E-state index is 10.3. The Kier molecular flexibility index (Phi) is 3.37. The number of nitrogens with zero attached hydrogens (tertiary/aromatic N) is 4. The summed E-state index contributed by atoms with van der Waals surface area (Å²) >= 11 is 18.1. The third-order valence-corrected chi connectivity index (χ3v) is 3.46. The van der Waals surface area contributed by atoms with Gasteiger partial charge in [-0.2, -0.15) is 4.68 Å². The van der Waals surface area contributed by atoms with E-state index in [1.165, 1.54) is 4.68 Å². The van der Waals surface area contributed by atoms with E-state index in [0.717, 1.165) is 0 Å². The van der Waals surface area contributed by atoms with Gasteiger partial charge in [-0.15, -0.1) is 15.3 Å². The van der Waals surface area contributed by atoms with Gasteiger partial charge in [0.1, 0.15) is 0 Å². The van der Waals surface area contributed by atoms with Crippen LogP contribution in [0.15, 0.2) is 17.2 Å². The van der Waals surface area contributed by atoms with Crippen LogP contribution in [-0.4, -0.2) is 27.2 Å². The number of halogens is 3. The van der Waals surface area contributed by atoms with Crippen molar-refractivity contribution in [1.82, 2.24) is 14.9 Å². The van der Waals surface area contributed by atoms with Crippen LogP contribution >= 0.6 is 34.8 Å². The third-order valence-electron chi connectivity index (χ3n) is 2.64. The molecule has 0 bridgehead atoms. The molecular weight excluding hydrogens is 327 g/mol. The molecule has 0 N–H and O–H groups in total. The minimum atomic E-state index is 0.229. The fourth-order valence-corrected chi connectivity index (χ4v) is 2.83. The van der Waals surface area contributed by atoms with Gasteiger partial charge in [-0.05, 0) is 12.1 Å². The third kappa shape index (κ3) is 2.15. The average Bonchev–Trinajstić information content (AvgIpc) is 2.90. The van der Waals surface area contributed by atoms with Crippen LogP contribution in [0.3, 0.4) is 0 Å². The van der Waals surface area contributed by atoms with Crippen molar-refractivity contribution in [2.75, 3.05) is 0 Å². The molecule has 1 aliphatic rings. The number of carbonyl (C=O) groups excluding carboxylic acids is 1. The number of fused-ring (bicyclic) bond motifs is 1. The molecule has 102 valence electrons. The van der Waals surface area contributed by atoms with Gasteiger partial charge < -0.3 is 4.74 Å². The highest BCUT2D eigenvalue weighted by Crippen LogP contribution is 2.37. The summed E-state index contributed by atoms with van der Waals surface area (Å²) in [6, 6.07) is 3.10. The van der Waals surface area contributed by atoms with E-state index in [4.69, 9.17) is 39.5 Å². The van der Waals surface area contributed by atoms with Crippen molar-refractivity contribution >= 4 is 47.2 Å². The molecular formula is C11H5Cl3N4O2. The molecule has 20 heavy (non-hydrogen) atoms. The first-order chi connectivity index (χ1) is 9.60. The predicted octanol–water partition coefficient (Wildman–Crippen LogP) is 2.80. The molecule has 0 fully saturated rings. The number of carbonyl (C=O) groups is 1. The van der Waals surface area contributed by atoms with E-state index in [0.29, 0.717) is 38.8 Å². The zero-order chi connectivity index (χ0) is 14.3. The van der Waals surface area contributed by atoms with E-state index in [1.807, 2.05) is 0 Å². The Morgan fingerprint density at radius 1 is 1.20 bits per heavy atom. The number of aromatic nitrogens is 3. The standard InChI is InChI=1S/C11H5Cl3N4O2/c12-5-1-6(13)10(7(14)2-5)11-16-15-8-3-9(20-4-19)17-18(8)11/h1-2,4H,3H2. The van der Waals surface area contributed by atoms with E-state index in [-0.39, 0.29) is 12.3 Å². The summed E-state index contributed by atoms with van der Waals surface area (Å²) in [4.78, 5) is 10.3. The Hall–Kier alpha value is -1.63. The van der Waals surface area contributed by atoms with Crippen molar-refractivity contribution in [3.63, 3.8) is 0 Å². The topological polar surface area (TPSA) is 69.4 Å². The second kappa shape index (κ2) is 5.05. The van der Waals surface area contributed by atoms with E-state index in [2.05, 4.69) is 15.3 Å². The number of rotatable bonds is 2. The monoisotopic (exact) mass is 330 g/mol. The minimum Gasteiger partial charge on any atom is -0.412 e. The first-order valence-electron chi connectivity index (χ1n) is 5.37. The lowest BCUT2D eigenvalue weighted by Crippen LogP contribution is -2.03. The van der Waals surface area contributed by atoms with Crippen molar-refractivity contribution in [3.05, 3.63) is 33.0 Å². The van der Waals surface area contributed by atoms with Crippen LogP contribution < -0.4 is 0 Å². The van der Waals surface area contributed by atoms with E-state index in [9.17, 15) is 4.79 Å². The molecule has 0 saturated heterocycles. The van der Waals surface area contributed by atoms with Gasteiger partial charge in [0.25, 0.3) is 6.47 Å². The Balaban J connectivity index is 2.13. The van der Waals surface area contributed by atoms with Crippen molar-refractivity contribution < 1.29 is 9.53 Å². The highest BCUT2D eigenvalue weighted by Gasteiger charge is 2.25. The van der Waals surface area contributed by atoms with Gasteiger partial charge >= 0.3 is 0 Å². The van der Waals surface area contributed by atoms with Crippen LogP contribution in [0.25, 0.3) is 11.4 Å². The maximum Gasteiger partial charge on any atom is 0.299 e. The second-order valence-corrected chi connectivity index (χ2v) is 5.13. The van der Waals surface area contributed by atoms with Crippen LogP contribution in [0.5, 0.6) is 0 Å². The van der Waals surface area contributed by atoms with Crippen LogP contribution in [0.1, 0.15) is 5.82 Å². The first-order valence-corrected chi connectivity index (χ1v) is 6.51. The molecule has 1 aromatic heterocycles. The SMILES string of the molecule is O=COC1=Nn2c(nnc2-c2c(Cl)cc(Cl)cc2Cl)C1. The molecule has 6 nitrogen and oxygen atoms in total. The smallest absolute Gasteiger partial charge is 0.299 e. The summed E-state index contributed by atoms with van der Waals surface area (Å²) in [5.41, 5.74) is 0.465. The second-order valence-electron chi connectivity index (χ2n) is 3.88. The molecule has 0 unspecified atom stereocenters.